The third kappa shape index (κ3) is 3.90. The van der Waals surface area contributed by atoms with Crippen LogP contribution in [0.3, 0.4) is 0 Å². The Kier molecular flexibility index (Phi) is 5.38. The van der Waals surface area contributed by atoms with Gasteiger partial charge in [0.2, 0.25) is 5.91 Å². The maximum atomic E-state index is 13.0. The fourth-order valence-electron chi connectivity index (χ4n) is 3.67. The van der Waals surface area contributed by atoms with Crippen LogP contribution < -0.4 is 10.2 Å². The number of hydrogen-bond donors (Lipinski definition) is 1. The number of carbonyl (C=O) groups is 2. The Morgan fingerprint density at radius 1 is 1.00 bits per heavy atom. The van der Waals surface area contributed by atoms with E-state index in [1.807, 2.05) is 42.5 Å². The van der Waals surface area contributed by atoms with Gasteiger partial charge in [-0.05, 0) is 41.8 Å². The molecule has 3 aromatic rings. The van der Waals surface area contributed by atoms with E-state index in [2.05, 4.69) is 29.4 Å². The lowest BCUT2D eigenvalue weighted by Crippen LogP contribution is -2.32. The van der Waals surface area contributed by atoms with Gasteiger partial charge in [-0.1, -0.05) is 49.4 Å². The number of aromatic nitrogens is 1. The van der Waals surface area contributed by atoms with Crippen LogP contribution in [0.15, 0.2) is 72.9 Å². The van der Waals surface area contributed by atoms with Crippen LogP contribution in [-0.4, -0.2) is 16.8 Å². The second-order valence-corrected chi connectivity index (χ2v) is 7.11. The maximum absolute atomic E-state index is 13.0. The van der Waals surface area contributed by atoms with Crippen molar-refractivity contribution in [3.8, 4) is 0 Å². The van der Waals surface area contributed by atoms with E-state index >= 15 is 0 Å². The first kappa shape index (κ1) is 18.9. The molecule has 2 amide bonds. The monoisotopic (exact) mass is 385 g/mol. The Labute approximate surface area is 170 Å². The van der Waals surface area contributed by atoms with E-state index in [1.165, 1.54) is 5.56 Å². The Hall–Kier alpha value is -3.47. The Morgan fingerprint density at radius 2 is 1.72 bits per heavy atom. The lowest BCUT2D eigenvalue weighted by Gasteiger charge is -2.24. The molecule has 4 rings (SSSR count). The van der Waals surface area contributed by atoms with Crippen molar-refractivity contribution in [3.63, 3.8) is 0 Å². The number of rotatable bonds is 6. The molecule has 5 heteroatoms. The maximum Gasteiger partial charge on any atom is 0.260 e. The zero-order valence-corrected chi connectivity index (χ0v) is 16.3. The topological polar surface area (TPSA) is 62.3 Å². The minimum Gasteiger partial charge on any atom is -0.352 e. The largest absolute Gasteiger partial charge is 0.352 e. The number of benzene rings is 2. The smallest absolute Gasteiger partial charge is 0.260 e. The Morgan fingerprint density at radius 3 is 2.45 bits per heavy atom. The molecule has 2 heterocycles. The number of carbonyl (C=O) groups excluding carboxylic acids is 2. The normalized spacial score (nSPS) is 15.3. The summed E-state index contributed by atoms with van der Waals surface area (Å²) in [7, 11) is 0. The van der Waals surface area contributed by atoms with Gasteiger partial charge in [0.15, 0.2) is 0 Å². The number of aryl methyl sites for hydroxylation is 1. The van der Waals surface area contributed by atoms with Crippen molar-refractivity contribution >= 4 is 17.5 Å². The number of fused-ring (bicyclic) bond motifs is 1. The summed E-state index contributed by atoms with van der Waals surface area (Å²) in [6, 6.07) is 20.8. The summed E-state index contributed by atoms with van der Waals surface area (Å²) in [4.78, 5) is 31.8. The van der Waals surface area contributed by atoms with E-state index in [1.54, 1.807) is 23.2 Å². The second kappa shape index (κ2) is 8.27. The van der Waals surface area contributed by atoms with Gasteiger partial charge in [0.05, 0.1) is 23.7 Å². The first-order valence-electron chi connectivity index (χ1n) is 9.85. The zero-order chi connectivity index (χ0) is 20.2. The molecule has 0 spiro atoms. The van der Waals surface area contributed by atoms with E-state index in [0.29, 0.717) is 17.8 Å². The molecule has 2 aromatic carbocycles. The molecular weight excluding hydrogens is 362 g/mol. The van der Waals surface area contributed by atoms with Gasteiger partial charge < -0.3 is 5.32 Å². The summed E-state index contributed by atoms with van der Waals surface area (Å²) in [6.45, 7) is 2.58. The highest BCUT2D eigenvalue weighted by Crippen LogP contribution is 2.38. The van der Waals surface area contributed by atoms with Crippen LogP contribution in [0.25, 0.3) is 0 Å². The molecule has 146 valence electrons. The van der Waals surface area contributed by atoms with Crippen molar-refractivity contribution in [2.75, 3.05) is 4.90 Å². The van der Waals surface area contributed by atoms with Gasteiger partial charge in [-0.2, -0.15) is 0 Å². The van der Waals surface area contributed by atoms with E-state index in [9.17, 15) is 9.59 Å². The average molecular weight is 385 g/mol. The summed E-state index contributed by atoms with van der Waals surface area (Å²) < 4.78 is 0. The molecule has 0 saturated carbocycles. The summed E-state index contributed by atoms with van der Waals surface area (Å²) in [5.74, 6) is -0.228. The molecule has 5 nitrogen and oxygen atoms in total. The van der Waals surface area contributed by atoms with Crippen molar-refractivity contribution in [1.29, 1.82) is 0 Å². The minimum absolute atomic E-state index is 0.109. The highest BCUT2D eigenvalue weighted by atomic mass is 16.2. The molecule has 29 heavy (non-hydrogen) atoms. The standard InChI is InChI=1S/C24H23N3O2/c1-2-17-10-12-18(13-11-17)16-26-22(28)15-21-23-20(9-6-14-25-23)24(29)27(21)19-7-4-3-5-8-19/h3-14,21H,2,15-16H2,1H3,(H,26,28)/t21-/m1/s1. The Balaban J connectivity index is 1.51. The number of nitrogens with zero attached hydrogens (tertiary/aromatic N) is 2. The van der Waals surface area contributed by atoms with Crippen LogP contribution >= 0.6 is 0 Å². The summed E-state index contributed by atoms with van der Waals surface area (Å²) in [6.07, 6.45) is 2.82. The predicted octanol–water partition coefficient (Wildman–Crippen LogP) is 4.05. The molecule has 0 bridgehead atoms. The fourth-order valence-corrected chi connectivity index (χ4v) is 3.67. The van der Waals surface area contributed by atoms with E-state index in [0.717, 1.165) is 17.7 Å². The molecule has 0 saturated heterocycles. The molecule has 0 aliphatic carbocycles. The SMILES string of the molecule is CCc1ccc(CNC(=O)C[C@@H]2c3ncccc3C(=O)N2c2ccccc2)cc1. The van der Waals surface area contributed by atoms with Crippen molar-refractivity contribution in [2.24, 2.45) is 0 Å². The molecule has 0 radical (unpaired) electrons. The minimum atomic E-state index is -0.413. The number of pyridine rings is 1. The van der Waals surface area contributed by atoms with Crippen LogP contribution in [-0.2, 0) is 17.8 Å². The highest BCUT2D eigenvalue weighted by Gasteiger charge is 2.39. The van der Waals surface area contributed by atoms with Gasteiger partial charge in [0, 0.05) is 18.4 Å². The van der Waals surface area contributed by atoms with Gasteiger partial charge in [-0.25, -0.2) is 0 Å². The van der Waals surface area contributed by atoms with E-state index < -0.39 is 6.04 Å². The number of anilines is 1. The van der Waals surface area contributed by atoms with Gasteiger partial charge in [0.1, 0.15) is 0 Å². The fraction of sp³-hybridized carbons (Fsp3) is 0.208. The first-order chi connectivity index (χ1) is 14.2. The summed E-state index contributed by atoms with van der Waals surface area (Å²) in [5, 5.41) is 2.98. The van der Waals surface area contributed by atoms with Gasteiger partial charge in [0.25, 0.3) is 5.91 Å². The molecule has 1 aliphatic rings. The third-order valence-corrected chi connectivity index (χ3v) is 5.25. The van der Waals surface area contributed by atoms with Crippen LogP contribution in [0.5, 0.6) is 0 Å². The van der Waals surface area contributed by atoms with Crippen molar-refractivity contribution in [1.82, 2.24) is 10.3 Å². The lowest BCUT2D eigenvalue weighted by atomic mass is 10.1. The van der Waals surface area contributed by atoms with Gasteiger partial charge in [-0.15, -0.1) is 0 Å². The average Bonchev–Trinajstić information content (AvgIpc) is 3.05. The number of nitrogens with one attached hydrogen (secondary N) is 1. The second-order valence-electron chi connectivity index (χ2n) is 7.11. The van der Waals surface area contributed by atoms with Crippen molar-refractivity contribution in [2.45, 2.75) is 32.4 Å². The van der Waals surface area contributed by atoms with Crippen molar-refractivity contribution in [3.05, 3.63) is 95.3 Å². The van der Waals surface area contributed by atoms with Crippen LogP contribution in [0.1, 0.15) is 46.6 Å². The third-order valence-electron chi connectivity index (χ3n) is 5.25. The molecule has 0 unspecified atom stereocenters. The summed E-state index contributed by atoms with van der Waals surface area (Å²) in [5.41, 5.74) is 4.30. The van der Waals surface area contributed by atoms with Crippen LogP contribution in [0.2, 0.25) is 0 Å². The molecule has 1 aromatic heterocycles. The highest BCUT2D eigenvalue weighted by molar-refractivity contribution is 6.11. The van der Waals surface area contributed by atoms with E-state index in [4.69, 9.17) is 0 Å². The molecule has 1 atom stereocenters. The van der Waals surface area contributed by atoms with Gasteiger partial charge in [-0.3, -0.25) is 19.5 Å². The Bertz CT molecular complexity index is 1020. The molecule has 1 N–H and O–H groups in total. The quantitative estimate of drug-likeness (QED) is 0.696. The number of amides is 2. The first-order valence-corrected chi connectivity index (χ1v) is 9.85. The lowest BCUT2D eigenvalue weighted by molar-refractivity contribution is -0.121. The zero-order valence-electron chi connectivity index (χ0n) is 16.3. The van der Waals surface area contributed by atoms with E-state index in [-0.39, 0.29) is 18.2 Å². The predicted molar refractivity (Wildman–Crippen MR) is 113 cm³/mol. The van der Waals surface area contributed by atoms with Crippen LogP contribution in [0, 0.1) is 0 Å². The number of hydrogen-bond acceptors (Lipinski definition) is 3. The molecule has 0 fully saturated rings. The number of para-hydroxylation sites is 1. The summed E-state index contributed by atoms with van der Waals surface area (Å²) >= 11 is 0. The molecular formula is C24H23N3O2. The van der Waals surface area contributed by atoms with Crippen molar-refractivity contribution < 1.29 is 9.59 Å². The van der Waals surface area contributed by atoms with Crippen LogP contribution in [0.4, 0.5) is 5.69 Å². The van der Waals surface area contributed by atoms with Gasteiger partial charge >= 0.3 is 0 Å². The molecule has 1 aliphatic heterocycles.